The van der Waals surface area contributed by atoms with Crippen LogP contribution in [0, 0.1) is 11.3 Å². The van der Waals surface area contributed by atoms with Gasteiger partial charge in [-0.15, -0.1) is 0 Å². The molecule has 4 rings (SSSR count). The number of amides is 1. The number of hydrogen-bond acceptors (Lipinski definition) is 6. The molecule has 1 atom stereocenters. The molecule has 3 aromatic heterocycles. The molecule has 1 aliphatic heterocycles. The zero-order valence-corrected chi connectivity index (χ0v) is 17.3. The number of carbonyl (C=O) groups is 1. The first kappa shape index (κ1) is 21.6. The number of halogens is 2. The van der Waals surface area contributed by atoms with Crippen LogP contribution in [0.25, 0.3) is 5.65 Å². The number of hydrogen-bond donors (Lipinski definition) is 1. The molecule has 1 unspecified atom stereocenters. The molecule has 1 fully saturated rings. The van der Waals surface area contributed by atoms with Crippen LogP contribution in [0.15, 0.2) is 36.7 Å². The quantitative estimate of drug-likeness (QED) is 0.618. The first-order chi connectivity index (χ1) is 15.4. The molecule has 10 heteroatoms. The lowest BCUT2D eigenvalue weighted by Gasteiger charge is -2.19. The number of carbonyl (C=O) groups excluding carboxylic acids is 1. The molecule has 8 nitrogen and oxygen atoms in total. The normalized spacial score (nSPS) is 15.5. The molecule has 4 heterocycles. The zero-order valence-electron chi connectivity index (χ0n) is 17.3. The van der Waals surface area contributed by atoms with E-state index in [0.717, 1.165) is 24.6 Å². The Morgan fingerprint density at radius 1 is 1.31 bits per heavy atom. The van der Waals surface area contributed by atoms with Crippen molar-refractivity contribution in [1.29, 1.82) is 5.26 Å². The van der Waals surface area contributed by atoms with Gasteiger partial charge in [-0.1, -0.05) is 6.07 Å². The molecule has 32 heavy (non-hydrogen) atoms. The summed E-state index contributed by atoms with van der Waals surface area (Å²) in [6, 6.07) is 7.46. The first-order valence-corrected chi connectivity index (χ1v) is 10.2. The van der Waals surface area contributed by atoms with Crippen LogP contribution in [0.2, 0.25) is 0 Å². The Morgan fingerprint density at radius 2 is 2.09 bits per heavy atom. The summed E-state index contributed by atoms with van der Waals surface area (Å²) >= 11 is 0. The van der Waals surface area contributed by atoms with E-state index in [1.165, 1.54) is 12.1 Å². The van der Waals surface area contributed by atoms with E-state index in [1.807, 2.05) is 12.3 Å². The second-order valence-corrected chi connectivity index (χ2v) is 7.46. The summed E-state index contributed by atoms with van der Waals surface area (Å²) in [7, 11) is 0. The number of nitriles is 1. The lowest BCUT2D eigenvalue weighted by Crippen LogP contribution is -2.17. The van der Waals surface area contributed by atoms with Crippen LogP contribution >= 0.6 is 0 Å². The fraction of sp³-hybridized carbons (Fsp3) is 0.364. The van der Waals surface area contributed by atoms with E-state index in [-0.39, 0.29) is 23.0 Å². The first-order valence-electron chi connectivity index (χ1n) is 10.2. The molecule has 3 aromatic rings. The number of pyridine rings is 2. The molecule has 0 aliphatic carbocycles. The van der Waals surface area contributed by atoms with E-state index in [4.69, 9.17) is 14.7 Å². The van der Waals surface area contributed by atoms with Gasteiger partial charge in [-0.25, -0.2) is 18.7 Å². The van der Waals surface area contributed by atoms with Crippen LogP contribution in [-0.2, 0) is 4.74 Å². The lowest BCUT2D eigenvalue weighted by atomic mass is 9.97. The fourth-order valence-corrected chi connectivity index (χ4v) is 3.52. The molecular formula is C22H21F2N5O3. The maximum Gasteiger partial charge on any atom is 0.280 e. The van der Waals surface area contributed by atoms with E-state index in [0.29, 0.717) is 18.9 Å². The predicted molar refractivity (Wildman–Crippen MR) is 111 cm³/mol. The molecule has 1 amide bonds. The van der Waals surface area contributed by atoms with Gasteiger partial charge < -0.3 is 19.2 Å². The van der Waals surface area contributed by atoms with Crippen molar-refractivity contribution in [1.82, 2.24) is 14.4 Å². The highest BCUT2D eigenvalue weighted by Gasteiger charge is 2.21. The summed E-state index contributed by atoms with van der Waals surface area (Å²) in [4.78, 5) is 21.1. The summed E-state index contributed by atoms with van der Waals surface area (Å²) in [6.07, 6.45) is 1.68. The largest absolute Gasteiger partial charge is 0.473 e. The molecule has 1 aliphatic rings. The SMILES string of the molecule is CC(C#N)Oc1cc2nc(C3CCOCC3)cn2cc1NC(=O)c1cccc(C(F)F)n1. The molecule has 1 saturated heterocycles. The van der Waals surface area contributed by atoms with Gasteiger partial charge in [-0.2, -0.15) is 5.26 Å². The van der Waals surface area contributed by atoms with Gasteiger partial charge in [0.05, 0.1) is 5.69 Å². The van der Waals surface area contributed by atoms with Crippen LogP contribution in [0.1, 0.15) is 54.0 Å². The molecule has 0 spiro atoms. The average Bonchev–Trinajstić information content (AvgIpc) is 3.22. The highest BCUT2D eigenvalue weighted by molar-refractivity contribution is 6.03. The van der Waals surface area contributed by atoms with E-state index in [9.17, 15) is 13.6 Å². The van der Waals surface area contributed by atoms with Gasteiger partial charge in [0, 0.05) is 37.6 Å². The Labute approximate surface area is 182 Å². The highest BCUT2D eigenvalue weighted by atomic mass is 19.3. The van der Waals surface area contributed by atoms with Crippen molar-refractivity contribution in [3.05, 3.63) is 53.7 Å². The number of alkyl halides is 2. The smallest absolute Gasteiger partial charge is 0.280 e. The second kappa shape index (κ2) is 9.28. The van der Waals surface area contributed by atoms with Gasteiger partial charge >= 0.3 is 0 Å². The number of nitrogens with one attached hydrogen (secondary N) is 1. The third kappa shape index (κ3) is 4.68. The fourth-order valence-electron chi connectivity index (χ4n) is 3.52. The highest BCUT2D eigenvalue weighted by Crippen LogP contribution is 2.31. The maximum atomic E-state index is 13.0. The Hall–Kier alpha value is -3.58. The topological polar surface area (TPSA) is 102 Å². The van der Waals surface area contributed by atoms with Gasteiger partial charge in [0.2, 0.25) is 0 Å². The minimum Gasteiger partial charge on any atom is -0.473 e. The van der Waals surface area contributed by atoms with E-state index >= 15 is 0 Å². The van der Waals surface area contributed by atoms with Crippen LogP contribution in [0.3, 0.4) is 0 Å². The molecule has 0 aromatic carbocycles. The third-order valence-corrected chi connectivity index (χ3v) is 5.17. The maximum absolute atomic E-state index is 13.0. The van der Waals surface area contributed by atoms with Crippen molar-refractivity contribution in [2.24, 2.45) is 0 Å². The van der Waals surface area contributed by atoms with E-state index < -0.39 is 24.1 Å². The number of nitrogens with zero attached hydrogens (tertiary/aromatic N) is 4. The van der Waals surface area contributed by atoms with Crippen molar-refractivity contribution in [3.63, 3.8) is 0 Å². The average molecular weight is 441 g/mol. The van der Waals surface area contributed by atoms with Crippen LogP contribution in [-0.4, -0.2) is 39.6 Å². The molecule has 0 saturated carbocycles. The van der Waals surface area contributed by atoms with E-state index in [1.54, 1.807) is 23.6 Å². The van der Waals surface area contributed by atoms with Gasteiger partial charge in [0.15, 0.2) is 6.10 Å². The van der Waals surface area contributed by atoms with Crippen molar-refractivity contribution in [2.75, 3.05) is 18.5 Å². The van der Waals surface area contributed by atoms with Crippen LogP contribution in [0.5, 0.6) is 5.75 Å². The minimum atomic E-state index is -2.79. The van der Waals surface area contributed by atoms with Gasteiger partial charge in [-0.3, -0.25) is 4.79 Å². The predicted octanol–water partition coefficient (Wildman–Crippen LogP) is 4.10. The number of ether oxygens (including phenoxy) is 2. The molecule has 166 valence electrons. The van der Waals surface area contributed by atoms with Crippen molar-refractivity contribution in [2.45, 2.75) is 38.2 Å². The Morgan fingerprint density at radius 3 is 2.81 bits per heavy atom. The molecular weight excluding hydrogens is 420 g/mol. The summed E-state index contributed by atoms with van der Waals surface area (Å²) in [5.74, 6) is -0.162. The van der Waals surface area contributed by atoms with Gasteiger partial charge in [-0.05, 0) is 31.9 Å². The Bertz CT molecular complexity index is 1170. The van der Waals surface area contributed by atoms with Crippen molar-refractivity contribution in [3.8, 4) is 11.8 Å². The lowest BCUT2D eigenvalue weighted by molar-refractivity contribution is 0.0846. The summed E-state index contributed by atoms with van der Waals surface area (Å²) in [6.45, 7) is 2.93. The van der Waals surface area contributed by atoms with Gasteiger partial charge in [0.1, 0.15) is 34.5 Å². The Kier molecular flexibility index (Phi) is 6.28. The zero-order chi connectivity index (χ0) is 22.7. The Balaban J connectivity index is 1.67. The molecule has 0 radical (unpaired) electrons. The van der Waals surface area contributed by atoms with E-state index in [2.05, 4.69) is 15.3 Å². The number of rotatable bonds is 6. The third-order valence-electron chi connectivity index (χ3n) is 5.17. The standard InChI is InChI=1S/C22H21F2N5O3/c1-13(10-25)32-19-9-20-27-17(14-5-7-31-8-6-14)11-29(20)12-18(19)28-22(30)16-4-2-3-15(26-16)21(23)24/h2-4,9,11-14,21H,5-8H2,1H3,(H,28,30). The summed E-state index contributed by atoms with van der Waals surface area (Å²) < 4.78 is 38.7. The second-order valence-electron chi connectivity index (χ2n) is 7.46. The monoisotopic (exact) mass is 441 g/mol. The van der Waals surface area contributed by atoms with Crippen molar-refractivity contribution < 1.29 is 23.0 Å². The van der Waals surface area contributed by atoms with Crippen LogP contribution < -0.4 is 10.1 Å². The number of imidazole rings is 1. The molecule has 1 N–H and O–H groups in total. The summed E-state index contributed by atoms with van der Waals surface area (Å²) in [5.41, 5.74) is 1.13. The number of aromatic nitrogens is 3. The van der Waals surface area contributed by atoms with Gasteiger partial charge in [0.25, 0.3) is 12.3 Å². The number of anilines is 1. The van der Waals surface area contributed by atoms with Crippen molar-refractivity contribution >= 4 is 17.2 Å². The minimum absolute atomic E-state index is 0.157. The summed E-state index contributed by atoms with van der Waals surface area (Å²) in [5, 5.41) is 11.8. The molecule has 0 bridgehead atoms. The number of fused-ring (bicyclic) bond motifs is 1. The van der Waals surface area contributed by atoms with Crippen LogP contribution in [0.4, 0.5) is 14.5 Å².